The Hall–Kier alpha value is -4.36. The fraction of sp³-hybridized carbons (Fsp3) is 0.161. The summed E-state index contributed by atoms with van der Waals surface area (Å²) in [6, 6.07) is 10.3. The lowest BCUT2D eigenvalue weighted by molar-refractivity contribution is 0.303. The van der Waals surface area contributed by atoms with Crippen molar-refractivity contribution in [3.63, 3.8) is 0 Å². The first kappa shape index (κ1) is 26.7. The van der Waals surface area contributed by atoms with E-state index in [1.165, 1.54) is 18.2 Å². The Balaban J connectivity index is 1.55. The first-order valence-electron chi connectivity index (χ1n) is 11.8. The highest BCUT2D eigenvalue weighted by Gasteiger charge is 2.12. The second kappa shape index (κ2) is 11.8. The molecule has 4 aromatic rings. The van der Waals surface area contributed by atoms with E-state index < -0.39 is 46.0 Å². The summed E-state index contributed by atoms with van der Waals surface area (Å²) in [7, 11) is 0. The predicted molar refractivity (Wildman–Crippen MR) is 134 cm³/mol. The van der Waals surface area contributed by atoms with Gasteiger partial charge in [0.25, 0.3) is 0 Å². The molecular formula is C31H20F6O. The van der Waals surface area contributed by atoms with Crippen LogP contribution < -0.4 is 4.74 Å². The van der Waals surface area contributed by atoms with Gasteiger partial charge in [0.2, 0.25) is 0 Å². The second-order valence-electron chi connectivity index (χ2n) is 8.46. The van der Waals surface area contributed by atoms with Gasteiger partial charge in [-0.15, -0.1) is 0 Å². The molecule has 7 heteroatoms. The van der Waals surface area contributed by atoms with E-state index in [0.29, 0.717) is 22.9 Å². The minimum atomic E-state index is -1.03. The van der Waals surface area contributed by atoms with Crippen LogP contribution in [0.5, 0.6) is 5.75 Å². The summed E-state index contributed by atoms with van der Waals surface area (Å²) in [6.07, 6.45) is 2.66. The van der Waals surface area contributed by atoms with E-state index >= 15 is 0 Å². The van der Waals surface area contributed by atoms with Crippen LogP contribution in [0.3, 0.4) is 0 Å². The lowest BCUT2D eigenvalue weighted by Gasteiger charge is -2.07. The number of fused-ring (bicyclic) bond motifs is 1. The Morgan fingerprint density at radius 1 is 0.553 bits per heavy atom. The number of unbranched alkanes of at least 4 members (excludes halogenated alkanes) is 2. The van der Waals surface area contributed by atoms with Crippen molar-refractivity contribution < 1.29 is 31.1 Å². The average Bonchev–Trinajstić information content (AvgIpc) is 2.86. The minimum Gasteiger partial charge on any atom is -0.493 e. The highest BCUT2D eigenvalue weighted by Crippen LogP contribution is 2.22. The molecule has 0 spiro atoms. The van der Waals surface area contributed by atoms with Crippen LogP contribution in [-0.2, 0) is 0 Å². The molecule has 38 heavy (non-hydrogen) atoms. The smallest absolute Gasteiger partial charge is 0.159 e. The van der Waals surface area contributed by atoms with E-state index in [2.05, 4.69) is 23.7 Å². The fourth-order valence-corrected chi connectivity index (χ4v) is 3.65. The van der Waals surface area contributed by atoms with E-state index in [1.54, 1.807) is 0 Å². The van der Waals surface area contributed by atoms with Gasteiger partial charge in [0.15, 0.2) is 11.6 Å². The molecule has 0 N–H and O–H groups in total. The van der Waals surface area contributed by atoms with Crippen LogP contribution in [-0.4, -0.2) is 6.61 Å². The van der Waals surface area contributed by atoms with Gasteiger partial charge in [0.1, 0.15) is 29.0 Å². The Morgan fingerprint density at radius 2 is 1.11 bits per heavy atom. The number of benzene rings is 4. The minimum absolute atomic E-state index is 0.0328. The van der Waals surface area contributed by atoms with E-state index in [4.69, 9.17) is 4.74 Å². The standard InChI is InChI=1S/C31H20F6O/c1-2-3-4-11-38-23-17-28(34)25(29(35)18-23)10-7-20-13-26(32)24(27(33)14-20)9-6-19-5-8-21-15-30(36)31(37)16-22(21)12-19/h5,8,12-18H,2-4,11H2,1H3. The largest absolute Gasteiger partial charge is 0.493 e. The molecule has 0 radical (unpaired) electrons. The van der Waals surface area contributed by atoms with Crippen LogP contribution in [0.25, 0.3) is 10.8 Å². The van der Waals surface area contributed by atoms with Gasteiger partial charge < -0.3 is 4.74 Å². The van der Waals surface area contributed by atoms with E-state index in [9.17, 15) is 26.3 Å². The van der Waals surface area contributed by atoms with E-state index in [-0.39, 0.29) is 11.3 Å². The molecule has 0 fully saturated rings. The number of ether oxygens (including phenoxy) is 1. The molecule has 0 unspecified atom stereocenters. The third-order valence-corrected chi connectivity index (χ3v) is 5.62. The Kier molecular flexibility index (Phi) is 8.28. The molecule has 0 bridgehead atoms. The topological polar surface area (TPSA) is 9.23 Å². The number of hydrogen-bond donors (Lipinski definition) is 0. The first-order valence-corrected chi connectivity index (χ1v) is 11.8. The molecular weight excluding hydrogens is 502 g/mol. The first-order chi connectivity index (χ1) is 18.2. The molecule has 1 nitrogen and oxygen atoms in total. The Bertz CT molecular complexity index is 1590. The molecule has 0 atom stereocenters. The Labute approximate surface area is 216 Å². The summed E-state index contributed by atoms with van der Waals surface area (Å²) >= 11 is 0. The quantitative estimate of drug-likeness (QED) is 0.146. The van der Waals surface area contributed by atoms with Crippen molar-refractivity contribution in [1.82, 2.24) is 0 Å². The second-order valence-corrected chi connectivity index (χ2v) is 8.46. The molecule has 0 heterocycles. The van der Waals surface area contributed by atoms with Gasteiger partial charge in [-0.3, -0.25) is 0 Å². The molecule has 0 aliphatic carbocycles. The molecule has 4 aromatic carbocycles. The lowest BCUT2D eigenvalue weighted by atomic mass is 10.1. The highest BCUT2D eigenvalue weighted by molar-refractivity contribution is 5.84. The van der Waals surface area contributed by atoms with Gasteiger partial charge >= 0.3 is 0 Å². The van der Waals surface area contributed by atoms with Crippen molar-refractivity contribution in [2.45, 2.75) is 26.2 Å². The molecule has 0 saturated carbocycles. The van der Waals surface area contributed by atoms with Gasteiger partial charge in [0, 0.05) is 23.3 Å². The van der Waals surface area contributed by atoms with Gasteiger partial charge in [-0.05, 0) is 53.6 Å². The van der Waals surface area contributed by atoms with Gasteiger partial charge in [-0.25, -0.2) is 26.3 Å². The zero-order valence-electron chi connectivity index (χ0n) is 20.2. The number of rotatable bonds is 5. The molecule has 0 aliphatic heterocycles. The van der Waals surface area contributed by atoms with Crippen LogP contribution in [0.15, 0.2) is 54.6 Å². The van der Waals surface area contributed by atoms with Crippen molar-refractivity contribution in [2.75, 3.05) is 6.61 Å². The molecule has 0 saturated heterocycles. The number of hydrogen-bond acceptors (Lipinski definition) is 1. The van der Waals surface area contributed by atoms with Crippen LogP contribution in [0, 0.1) is 58.6 Å². The van der Waals surface area contributed by atoms with Gasteiger partial charge in [0.05, 0.1) is 17.7 Å². The van der Waals surface area contributed by atoms with E-state index in [0.717, 1.165) is 55.7 Å². The summed E-state index contributed by atoms with van der Waals surface area (Å²) in [5.74, 6) is 3.70. The predicted octanol–water partition coefficient (Wildman–Crippen LogP) is 8.04. The average molecular weight is 522 g/mol. The van der Waals surface area contributed by atoms with Gasteiger partial charge in [-0.2, -0.15) is 0 Å². The lowest BCUT2D eigenvalue weighted by Crippen LogP contribution is -2.00. The maximum absolute atomic E-state index is 14.6. The van der Waals surface area contributed by atoms with Crippen molar-refractivity contribution >= 4 is 10.8 Å². The highest BCUT2D eigenvalue weighted by atomic mass is 19.2. The number of halogens is 6. The summed E-state index contributed by atoms with van der Waals surface area (Å²) in [5, 5.41) is 0.814. The summed E-state index contributed by atoms with van der Waals surface area (Å²) in [4.78, 5) is 0. The van der Waals surface area contributed by atoms with Crippen LogP contribution in [0.4, 0.5) is 26.3 Å². The molecule has 0 amide bonds. The molecule has 192 valence electrons. The maximum Gasteiger partial charge on any atom is 0.159 e. The van der Waals surface area contributed by atoms with Crippen LogP contribution in [0.2, 0.25) is 0 Å². The Morgan fingerprint density at radius 3 is 1.71 bits per heavy atom. The maximum atomic E-state index is 14.6. The van der Waals surface area contributed by atoms with Crippen molar-refractivity contribution in [1.29, 1.82) is 0 Å². The summed E-state index contributed by atoms with van der Waals surface area (Å²) < 4.78 is 90.2. The molecule has 0 aromatic heterocycles. The van der Waals surface area contributed by atoms with Crippen molar-refractivity contribution in [3.8, 4) is 29.4 Å². The van der Waals surface area contributed by atoms with Crippen molar-refractivity contribution in [3.05, 3.63) is 112 Å². The monoisotopic (exact) mass is 522 g/mol. The van der Waals surface area contributed by atoms with Gasteiger partial charge in [-0.1, -0.05) is 49.5 Å². The van der Waals surface area contributed by atoms with Crippen LogP contribution in [0.1, 0.15) is 48.4 Å². The summed E-state index contributed by atoms with van der Waals surface area (Å²) in [6.45, 7) is 2.34. The third-order valence-electron chi connectivity index (χ3n) is 5.62. The van der Waals surface area contributed by atoms with E-state index in [1.807, 2.05) is 6.92 Å². The molecule has 0 aliphatic rings. The molecule has 4 rings (SSSR count). The zero-order chi connectivity index (χ0) is 27.2. The normalized spacial score (nSPS) is 10.5. The zero-order valence-corrected chi connectivity index (χ0v) is 20.2. The van der Waals surface area contributed by atoms with Crippen LogP contribution >= 0.6 is 0 Å². The summed E-state index contributed by atoms with van der Waals surface area (Å²) in [5.41, 5.74) is -0.909. The van der Waals surface area contributed by atoms with Crippen molar-refractivity contribution in [2.24, 2.45) is 0 Å². The SMILES string of the molecule is CCCCCOc1cc(F)c(C#Cc2cc(F)c(C#Cc3ccc4cc(F)c(F)cc4c3)c(F)c2)c(F)c1. The fourth-order valence-electron chi connectivity index (χ4n) is 3.65. The third kappa shape index (κ3) is 6.30.